The summed E-state index contributed by atoms with van der Waals surface area (Å²) in [6.07, 6.45) is 0.384. The van der Waals surface area contributed by atoms with Crippen LogP contribution in [0.2, 0.25) is 0 Å². The van der Waals surface area contributed by atoms with Gasteiger partial charge in [-0.25, -0.2) is 0 Å². The van der Waals surface area contributed by atoms with Crippen LogP contribution >= 0.6 is 0 Å². The van der Waals surface area contributed by atoms with Crippen molar-refractivity contribution < 1.29 is 18.8 Å². The fraction of sp³-hybridized carbons (Fsp3) is 0.267. The van der Waals surface area contributed by atoms with Crippen LogP contribution in [-0.4, -0.2) is 45.9 Å². The number of amides is 3. The van der Waals surface area contributed by atoms with Gasteiger partial charge in [0.1, 0.15) is 6.54 Å². The number of rotatable bonds is 5. The van der Waals surface area contributed by atoms with Gasteiger partial charge in [0.05, 0.1) is 11.1 Å². The highest BCUT2D eigenvalue weighted by atomic mass is 16.4. The molecule has 0 radical (unpaired) electrons. The maximum absolute atomic E-state index is 12.1. The lowest BCUT2D eigenvalue weighted by atomic mass is 10.1. The van der Waals surface area contributed by atoms with Crippen LogP contribution in [0.15, 0.2) is 28.7 Å². The quantitative estimate of drug-likeness (QED) is 0.797. The Balaban J connectivity index is 1.54. The Bertz CT molecular complexity index is 748. The van der Waals surface area contributed by atoms with Gasteiger partial charge in [-0.2, -0.15) is 0 Å². The van der Waals surface area contributed by atoms with E-state index >= 15 is 0 Å². The van der Waals surface area contributed by atoms with E-state index in [-0.39, 0.29) is 13.1 Å². The Morgan fingerprint density at radius 2 is 1.83 bits per heavy atom. The van der Waals surface area contributed by atoms with Gasteiger partial charge in [-0.15, -0.1) is 10.2 Å². The number of carbonyl (C=O) groups excluding carboxylic acids is 3. The van der Waals surface area contributed by atoms with E-state index in [2.05, 4.69) is 15.5 Å². The Morgan fingerprint density at radius 3 is 2.39 bits per heavy atom. The average Bonchev–Trinajstić information content (AvgIpc) is 3.05. The lowest BCUT2D eigenvalue weighted by molar-refractivity contribution is -0.121. The van der Waals surface area contributed by atoms with Crippen molar-refractivity contribution in [2.75, 3.05) is 13.1 Å². The van der Waals surface area contributed by atoms with Gasteiger partial charge in [0.15, 0.2) is 0 Å². The summed E-state index contributed by atoms with van der Waals surface area (Å²) >= 11 is 0. The van der Waals surface area contributed by atoms with Crippen LogP contribution in [0.3, 0.4) is 0 Å². The van der Waals surface area contributed by atoms with Crippen molar-refractivity contribution in [3.63, 3.8) is 0 Å². The van der Waals surface area contributed by atoms with Crippen LogP contribution in [0.4, 0.5) is 0 Å². The molecule has 0 spiro atoms. The number of hydrogen-bond donors (Lipinski definition) is 1. The van der Waals surface area contributed by atoms with Gasteiger partial charge < -0.3 is 9.73 Å². The minimum absolute atomic E-state index is 0.281. The van der Waals surface area contributed by atoms with E-state index < -0.39 is 17.7 Å². The van der Waals surface area contributed by atoms with Crippen molar-refractivity contribution >= 4 is 17.7 Å². The Kier molecular flexibility index (Phi) is 3.88. The molecule has 118 valence electrons. The number of hydrogen-bond acceptors (Lipinski definition) is 6. The van der Waals surface area contributed by atoms with E-state index in [9.17, 15) is 14.4 Å². The lowest BCUT2D eigenvalue weighted by Crippen LogP contribution is -2.40. The second kappa shape index (κ2) is 5.99. The molecule has 1 aromatic carbocycles. The topological polar surface area (TPSA) is 105 Å². The van der Waals surface area contributed by atoms with Crippen molar-refractivity contribution in [3.05, 3.63) is 47.2 Å². The molecule has 1 aliphatic heterocycles. The molecule has 0 atom stereocenters. The minimum Gasteiger partial charge on any atom is -0.426 e. The van der Waals surface area contributed by atoms with Crippen molar-refractivity contribution in [1.29, 1.82) is 0 Å². The molecule has 1 N–H and O–H groups in total. The molecule has 2 heterocycles. The summed E-state index contributed by atoms with van der Waals surface area (Å²) in [5.41, 5.74) is 0.651. The van der Waals surface area contributed by atoms with Gasteiger partial charge in [-0.1, -0.05) is 12.1 Å². The number of imide groups is 1. The molecule has 1 aromatic heterocycles. The number of benzene rings is 1. The van der Waals surface area contributed by atoms with Gasteiger partial charge in [0.2, 0.25) is 17.7 Å². The molecule has 0 bridgehead atoms. The number of aromatic nitrogens is 2. The molecule has 8 nitrogen and oxygen atoms in total. The summed E-state index contributed by atoms with van der Waals surface area (Å²) in [7, 11) is 0. The molecule has 23 heavy (non-hydrogen) atoms. The standard InChI is InChI=1S/C15H14N4O4/c1-9-17-18-13(23-9)6-7-16-12(20)8-19-14(21)10-4-2-3-5-11(10)15(19)22/h2-5H,6-8H2,1H3,(H,16,20). The molecule has 3 rings (SSSR count). The van der Waals surface area contributed by atoms with Crippen LogP contribution < -0.4 is 5.32 Å². The maximum atomic E-state index is 12.1. The molecule has 0 fully saturated rings. The number of nitrogens with zero attached hydrogens (tertiary/aromatic N) is 3. The molecule has 3 amide bonds. The second-order valence-corrected chi connectivity index (χ2v) is 5.06. The molecule has 8 heteroatoms. The van der Waals surface area contributed by atoms with E-state index in [4.69, 9.17) is 4.42 Å². The normalized spacial score (nSPS) is 13.3. The van der Waals surface area contributed by atoms with Crippen molar-refractivity contribution in [1.82, 2.24) is 20.4 Å². The molecular formula is C15H14N4O4. The zero-order chi connectivity index (χ0) is 16.4. The van der Waals surface area contributed by atoms with Crippen LogP contribution in [0.25, 0.3) is 0 Å². The first kappa shape index (κ1) is 14.9. The Hall–Kier alpha value is -3.03. The molecular weight excluding hydrogens is 300 g/mol. The number of nitrogens with one attached hydrogen (secondary N) is 1. The predicted molar refractivity (Wildman–Crippen MR) is 77.6 cm³/mol. The van der Waals surface area contributed by atoms with Crippen molar-refractivity contribution in [3.8, 4) is 0 Å². The van der Waals surface area contributed by atoms with Crippen molar-refractivity contribution in [2.45, 2.75) is 13.3 Å². The molecule has 0 aliphatic carbocycles. The summed E-state index contributed by atoms with van der Waals surface area (Å²) in [6, 6.07) is 6.51. The molecule has 2 aromatic rings. The number of aryl methyl sites for hydroxylation is 1. The third kappa shape index (κ3) is 2.96. The third-order valence-electron chi connectivity index (χ3n) is 3.41. The second-order valence-electron chi connectivity index (χ2n) is 5.06. The molecule has 1 aliphatic rings. The molecule has 0 unspecified atom stereocenters. The van der Waals surface area contributed by atoms with E-state index in [0.717, 1.165) is 4.90 Å². The summed E-state index contributed by atoms with van der Waals surface area (Å²) in [5.74, 6) is -0.446. The monoisotopic (exact) mass is 314 g/mol. The Morgan fingerprint density at radius 1 is 1.17 bits per heavy atom. The van der Waals surface area contributed by atoms with E-state index in [1.54, 1.807) is 31.2 Å². The first-order valence-corrected chi connectivity index (χ1v) is 7.07. The van der Waals surface area contributed by atoms with Gasteiger partial charge in [-0.3, -0.25) is 19.3 Å². The highest BCUT2D eigenvalue weighted by molar-refractivity contribution is 6.22. The third-order valence-corrected chi connectivity index (χ3v) is 3.41. The minimum atomic E-state index is -0.451. The zero-order valence-corrected chi connectivity index (χ0v) is 12.4. The Labute approximate surface area is 131 Å². The van der Waals surface area contributed by atoms with Gasteiger partial charge >= 0.3 is 0 Å². The fourth-order valence-electron chi connectivity index (χ4n) is 2.33. The molecule has 0 saturated carbocycles. The first-order chi connectivity index (χ1) is 11.1. The summed E-state index contributed by atoms with van der Waals surface area (Å²) in [4.78, 5) is 37.1. The molecule has 0 saturated heterocycles. The fourth-order valence-corrected chi connectivity index (χ4v) is 2.33. The van der Waals surface area contributed by atoms with Crippen LogP contribution in [0.5, 0.6) is 0 Å². The number of carbonyl (C=O) groups is 3. The van der Waals surface area contributed by atoms with Crippen LogP contribution in [-0.2, 0) is 11.2 Å². The van der Waals surface area contributed by atoms with E-state index in [1.165, 1.54) is 0 Å². The van der Waals surface area contributed by atoms with E-state index in [1.807, 2.05) is 0 Å². The average molecular weight is 314 g/mol. The predicted octanol–water partition coefficient (Wildman–Crippen LogP) is 0.333. The largest absolute Gasteiger partial charge is 0.426 e. The van der Waals surface area contributed by atoms with Gasteiger partial charge in [0.25, 0.3) is 11.8 Å². The van der Waals surface area contributed by atoms with Gasteiger partial charge in [0, 0.05) is 19.9 Å². The van der Waals surface area contributed by atoms with Gasteiger partial charge in [-0.05, 0) is 12.1 Å². The summed E-state index contributed by atoms with van der Waals surface area (Å²) < 4.78 is 5.18. The first-order valence-electron chi connectivity index (χ1n) is 7.07. The van der Waals surface area contributed by atoms with Crippen LogP contribution in [0, 0.1) is 6.92 Å². The SMILES string of the molecule is Cc1nnc(CCNC(=O)CN2C(=O)c3ccccc3C2=O)o1. The smallest absolute Gasteiger partial charge is 0.262 e. The lowest BCUT2D eigenvalue weighted by Gasteiger charge is -2.13. The zero-order valence-electron chi connectivity index (χ0n) is 12.4. The maximum Gasteiger partial charge on any atom is 0.262 e. The number of fused-ring (bicyclic) bond motifs is 1. The van der Waals surface area contributed by atoms with Crippen LogP contribution in [0.1, 0.15) is 32.5 Å². The summed E-state index contributed by atoms with van der Waals surface area (Å²) in [5, 5.41) is 10.1. The highest BCUT2D eigenvalue weighted by Gasteiger charge is 2.36. The van der Waals surface area contributed by atoms with Crippen molar-refractivity contribution in [2.24, 2.45) is 0 Å². The van der Waals surface area contributed by atoms with E-state index in [0.29, 0.717) is 29.3 Å². The highest BCUT2D eigenvalue weighted by Crippen LogP contribution is 2.21. The summed E-state index contributed by atoms with van der Waals surface area (Å²) in [6.45, 7) is 1.65.